The molecule has 0 amide bonds. The molecule has 14 heavy (non-hydrogen) atoms. The molecule has 0 bridgehead atoms. The summed E-state index contributed by atoms with van der Waals surface area (Å²) < 4.78 is 5.00. The van der Waals surface area contributed by atoms with Crippen LogP contribution in [0.1, 0.15) is 29.8 Å². The summed E-state index contributed by atoms with van der Waals surface area (Å²) in [5.41, 5.74) is 0. The van der Waals surface area contributed by atoms with Gasteiger partial charge in [0.2, 0.25) is 5.89 Å². The van der Waals surface area contributed by atoms with Crippen molar-refractivity contribution in [2.24, 2.45) is 0 Å². The van der Waals surface area contributed by atoms with Crippen molar-refractivity contribution in [3.63, 3.8) is 0 Å². The molecule has 1 atom stereocenters. The van der Waals surface area contributed by atoms with E-state index in [2.05, 4.69) is 10.1 Å². The van der Waals surface area contributed by atoms with Crippen molar-refractivity contribution in [1.82, 2.24) is 10.1 Å². The van der Waals surface area contributed by atoms with Crippen LogP contribution in [0.5, 0.6) is 0 Å². The lowest BCUT2D eigenvalue weighted by Crippen LogP contribution is -2.01. The average molecular weight is 214 g/mol. The molecule has 76 valence electrons. The molecule has 0 saturated carbocycles. The van der Waals surface area contributed by atoms with Gasteiger partial charge in [-0.1, -0.05) is 5.16 Å². The van der Waals surface area contributed by atoms with E-state index in [1.807, 2.05) is 0 Å². The van der Waals surface area contributed by atoms with Gasteiger partial charge in [-0.15, -0.1) is 11.8 Å². The number of thioether (sulfide) groups is 1. The van der Waals surface area contributed by atoms with Crippen LogP contribution in [0, 0.1) is 0 Å². The fourth-order valence-electron chi connectivity index (χ4n) is 1.38. The van der Waals surface area contributed by atoms with Crippen molar-refractivity contribution in [3.8, 4) is 0 Å². The summed E-state index contributed by atoms with van der Waals surface area (Å²) in [6.45, 7) is 0. The first-order valence-electron chi connectivity index (χ1n) is 4.41. The number of nitrogens with zero attached hydrogens (tertiary/aromatic N) is 2. The molecule has 1 unspecified atom stereocenters. The minimum absolute atomic E-state index is 0.166. The van der Waals surface area contributed by atoms with Gasteiger partial charge in [0, 0.05) is 0 Å². The smallest absolute Gasteiger partial charge is 0.311 e. The Kier molecular flexibility index (Phi) is 2.72. The van der Waals surface area contributed by atoms with Crippen molar-refractivity contribution in [3.05, 3.63) is 11.7 Å². The summed E-state index contributed by atoms with van der Waals surface area (Å²) in [5.74, 6) is 1.02. The van der Waals surface area contributed by atoms with Gasteiger partial charge in [0.15, 0.2) is 5.82 Å². The number of carboxylic acids is 1. The summed E-state index contributed by atoms with van der Waals surface area (Å²) in [4.78, 5) is 14.4. The Hall–Kier alpha value is -1.04. The van der Waals surface area contributed by atoms with Crippen molar-refractivity contribution < 1.29 is 14.4 Å². The van der Waals surface area contributed by atoms with Gasteiger partial charge in [0.25, 0.3) is 0 Å². The molecule has 1 saturated heterocycles. The normalized spacial score (nSPS) is 21.3. The molecule has 0 aromatic carbocycles. The highest BCUT2D eigenvalue weighted by atomic mass is 32.2. The minimum Gasteiger partial charge on any atom is -0.481 e. The van der Waals surface area contributed by atoms with Crippen LogP contribution in [-0.4, -0.2) is 27.0 Å². The molecule has 2 heterocycles. The Morgan fingerprint density at radius 3 is 3.21 bits per heavy atom. The summed E-state index contributed by atoms with van der Waals surface area (Å²) in [5, 5.41) is 12.4. The molecule has 1 aromatic heterocycles. The van der Waals surface area contributed by atoms with Crippen LogP contribution >= 0.6 is 11.8 Å². The Balaban J connectivity index is 2.05. The molecular formula is C8H10N2O3S. The molecule has 0 radical (unpaired) electrons. The van der Waals surface area contributed by atoms with Gasteiger partial charge >= 0.3 is 5.97 Å². The monoisotopic (exact) mass is 214 g/mol. The second kappa shape index (κ2) is 4.00. The number of hydrogen-bond acceptors (Lipinski definition) is 5. The van der Waals surface area contributed by atoms with E-state index in [4.69, 9.17) is 9.63 Å². The molecule has 6 heteroatoms. The number of aliphatic carboxylic acids is 1. The van der Waals surface area contributed by atoms with Gasteiger partial charge in [-0.3, -0.25) is 4.79 Å². The van der Waals surface area contributed by atoms with Crippen LogP contribution in [0.25, 0.3) is 0 Å². The average Bonchev–Trinajstić information content (AvgIpc) is 2.69. The number of carboxylic acid groups (broad SMARTS) is 1. The summed E-state index contributed by atoms with van der Waals surface area (Å²) in [7, 11) is 0. The standard InChI is InChI=1S/C8H10N2O3S/c11-7(12)4-6-9-8(13-10-6)5-2-1-3-14-5/h5H,1-4H2,(H,11,12). The Morgan fingerprint density at radius 1 is 1.71 bits per heavy atom. The lowest BCUT2D eigenvalue weighted by Gasteiger charge is -1.98. The van der Waals surface area contributed by atoms with Crippen molar-refractivity contribution in [1.29, 1.82) is 0 Å². The van der Waals surface area contributed by atoms with Crippen molar-refractivity contribution >= 4 is 17.7 Å². The number of carbonyl (C=O) groups is 1. The van der Waals surface area contributed by atoms with Crippen LogP contribution in [-0.2, 0) is 11.2 Å². The molecule has 5 nitrogen and oxygen atoms in total. The highest BCUT2D eigenvalue weighted by Gasteiger charge is 2.23. The first kappa shape index (κ1) is 9.51. The van der Waals surface area contributed by atoms with E-state index in [9.17, 15) is 4.79 Å². The zero-order chi connectivity index (χ0) is 9.97. The maximum absolute atomic E-state index is 10.4. The topological polar surface area (TPSA) is 76.2 Å². The van der Waals surface area contributed by atoms with Gasteiger partial charge in [-0.05, 0) is 18.6 Å². The largest absolute Gasteiger partial charge is 0.481 e. The fraction of sp³-hybridized carbons (Fsp3) is 0.625. The van der Waals surface area contributed by atoms with Crippen molar-refractivity contribution in [2.75, 3.05) is 5.75 Å². The third kappa shape index (κ3) is 2.06. The van der Waals surface area contributed by atoms with Gasteiger partial charge in [0.05, 0.1) is 5.25 Å². The number of aromatic nitrogens is 2. The minimum atomic E-state index is -0.934. The van der Waals surface area contributed by atoms with Crippen LogP contribution in [0.3, 0.4) is 0 Å². The van der Waals surface area contributed by atoms with Crippen molar-refractivity contribution in [2.45, 2.75) is 24.5 Å². The first-order valence-corrected chi connectivity index (χ1v) is 5.46. The summed E-state index contributed by atoms with van der Waals surface area (Å²) >= 11 is 1.78. The Morgan fingerprint density at radius 2 is 2.57 bits per heavy atom. The molecule has 1 N–H and O–H groups in total. The number of hydrogen-bond donors (Lipinski definition) is 1. The molecule has 0 aliphatic carbocycles. The molecule has 0 spiro atoms. The van der Waals surface area contributed by atoms with E-state index in [-0.39, 0.29) is 17.5 Å². The first-order chi connectivity index (χ1) is 6.75. The predicted molar refractivity (Wildman–Crippen MR) is 50.1 cm³/mol. The number of rotatable bonds is 3. The van der Waals surface area contributed by atoms with Gasteiger partial charge in [0.1, 0.15) is 6.42 Å². The van der Waals surface area contributed by atoms with Crippen LogP contribution in [0.2, 0.25) is 0 Å². The predicted octanol–water partition coefficient (Wildman–Crippen LogP) is 1.26. The Bertz CT molecular complexity index is 333. The molecule has 2 rings (SSSR count). The van der Waals surface area contributed by atoms with E-state index >= 15 is 0 Å². The highest BCUT2D eigenvalue weighted by Crippen LogP contribution is 2.38. The zero-order valence-corrected chi connectivity index (χ0v) is 8.29. The highest BCUT2D eigenvalue weighted by molar-refractivity contribution is 7.99. The fourth-order valence-corrected chi connectivity index (χ4v) is 2.57. The van der Waals surface area contributed by atoms with Crippen LogP contribution < -0.4 is 0 Å². The molecule has 1 fully saturated rings. The third-order valence-electron chi connectivity index (χ3n) is 2.00. The quantitative estimate of drug-likeness (QED) is 0.816. The Labute approximate surface area is 84.9 Å². The van der Waals surface area contributed by atoms with E-state index < -0.39 is 5.97 Å². The van der Waals surface area contributed by atoms with E-state index in [1.54, 1.807) is 11.8 Å². The second-order valence-corrected chi connectivity index (χ2v) is 4.43. The van der Waals surface area contributed by atoms with E-state index in [1.165, 1.54) is 0 Å². The van der Waals surface area contributed by atoms with Crippen LogP contribution in [0.15, 0.2) is 4.52 Å². The van der Waals surface area contributed by atoms with E-state index in [0.29, 0.717) is 5.89 Å². The van der Waals surface area contributed by atoms with Gasteiger partial charge in [-0.25, -0.2) is 0 Å². The van der Waals surface area contributed by atoms with Crippen LogP contribution in [0.4, 0.5) is 0 Å². The maximum Gasteiger partial charge on any atom is 0.311 e. The third-order valence-corrected chi connectivity index (χ3v) is 3.36. The van der Waals surface area contributed by atoms with Gasteiger partial charge < -0.3 is 9.63 Å². The lowest BCUT2D eigenvalue weighted by atomic mass is 10.2. The SMILES string of the molecule is O=C(O)Cc1noc(C2CCCS2)n1. The molecular weight excluding hydrogens is 204 g/mol. The maximum atomic E-state index is 10.4. The van der Waals surface area contributed by atoms with Gasteiger partial charge in [-0.2, -0.15) is 4.98 Å². The molecule has 1 aliphatic rings. The lowest BCUT2D eigenvalue weighted by molar-refractivity contribution is -0.136. The molecule has 1 aromatic rings. The summed E-state index contributed by atoms with van der Waals surface area (Å²) in [6.07, 6.45) is 2.03. The van der Waals surface area contributed by atoms with E-state index in [0.717, 1.165) is 18.6 Å². The zero-order valence-electron chi connectivity index (χ0n) is 7.47. The summed E-state index contributed by atoms with van der Waals surface area (Å²) in [6, 6.07) is 0. The second-order valence-electron chi connectivity index (χ2n) is 3.12. The molecule has 1 aliphatic heterocycles.